The van der Waals surface area contributed by atoms with Gasteiger partial charge in [-0.2, -0.15) is 0 Å². The van der Waals surface area contributed by atoms with Gasteiger partial charge in [0.2, 0.25) is 5.91 Å². The van der Waals surface area contributed by atoms with Crippen LogP contribution >= 0.6 is 11.8 Å². The van der Waals surface area contributed by atoms with Gasteiger partial charge in [0.05, 0.1) is 29.5 Å². The Morgan fingerprint density at radius 1 is 1.62 bits per heavy atom. The van der Waals surface area contributed by atoms with Crippen LogP contribution in [0.3, 0.4) is 0 Å². The molecule has 1 atom stereocenters. The first-order chi connectivity index (χ1) is 10.1. The van der Waals surface area contributed by atoms with Crippen LogP contribution < -0.4 is 5.73 Å². The lowest BCUT2D eigenvalue weighted by Crippen LogP contribution is -2.45. The zero-order valence-electron chi connectivity index (χ0n) is 11.8. The second-order valence-corrected chi connectivity index (χ2v) is 6.09. The maximum absolute atomic E-state index is 12.2. The Morgan fingerprint density at radius 2 is 2.48 bits per heavy atom. The normalized spacial score (nSPS) is 19.1. The molecule has 1 unspecified atom stereocenters. The molecule has 0 spiro atoms. The molecule has 1 aromatic carbocycles. The number of anilines is 1. The third-order valence-corrected chi connectivity index (χ3v) is 4.27. The third-order valence-electron chi connectivity index (χ3n) is 3.41. The number of benzene rings is 1. The predicted octanol–water partition coefficient (Wildman–Crippen LogP) is 1.48. The van der Waals surface area contributed by atoms with Crippen LogP contribution in [0.5, 0.6) is 0 Å². The van der Waals surface area contributed by atoms with Crippen molar-refractivity contribution < 1.29 is 9.53 Å². The Morgan fingerprint density at radius 3 is 3.29 bits per heavy atom. The van der Waals surface area contributed by atoms with Gasteiger partial charge in [0.25, 0.3) is 0 Å². The summed E-state index contributed by atoms with van der Waals surface area (Å²) in [5, 5.41) is 0.741. The maximum Gasteiger partial charge on any atom is 0.233 e. The first-order valence-corrected chi connectivity index (χ1v) is 7.88. The smallest absolute Gasteiger partial charge is 0.233 e. The molecule has 0 saturated carbocycles. The molecular formula is C14H18N4O2S. The molecule has 0 bridgehead atoms. The number of nitrogens with zero attached hydrogens (tertiary/aromatic N) is 2. The summed E-state index contributed by atoms with van der Waals surface area (Å²) in [7, 11) is 0. The van der Waals surface area contributed by atoms with Gasteiger partial charge in [-0.05, 0) is 25.1 Å². The summed E-state index contributed by atoms with van der Waals surface area (Å²) in [5.41, 5.74) is 8.19. The van der Waals surface area contributed by atoms with Crippen molar-refractivity contribution in [1.82, 2.24) is 14.9 Å². The minimum absolute atomic E-state index is 0.113. The highest BCUT2D eigenvalue weighted by molar-refractivity contribution is 7.99. The molecule has 0 aliphatic carbocycles. The van der Waals surface area contributed by atoms with Crippen molar-refractivity contribution in [2.24, 2.45) is 0 Å². The van der Waals surface area contributed by atoms with E-state index in [9.17, 15) is 4.79 Å². The van der Waals surface area contributed by atoms with E-state index in [1.165, 1.54) is 11.8 Å². The van der Waals surface area contributed by atoms with Gasteiger partial charge in [0, 0.05) is 18.8 Å². The van der Waals surface area contributed by atoms with Crippen LogP contribution in [0.15, 0.2) is 23.4 Å². The van der Waals surface area contributed by atoms with Crippen molar-refractivity contribution in [2.45, 2.75) is 18.2 Å². The Labute approximate surface area is 127 Å². The molecule has 6 nitrogen and oxygen atoms in total. The molecule has 0 radical (unpaired) electrons. The average molecular weight is 306 g/mol. The van der Waals surface area contributed by atoms with Gasteiger partial charge in [-0.15, -0.1) is 0 Å². The number of hydrogen-bond acceptors (Lipinski definition) is 5. The second kappa shape index (κ2) is 5.95. The zero-order chi connectivity index (χ0) is 14.8. The Hall–Kier alpha value is -1.73. The van der Waals surface area contributed by atoms with Crippen LogP contribution in [0, 0.1) is 0 Å². The highest BCUT2D eigenvalue weighted by atomic mass is 32.2. The Balaban J connectivity index is 1.61. The number of carbonyl (C=O) groups is 1. The van der Waals surface area contributed by atoms with E-state index in [1.807, 2.05) is 30.0 Å². The quantitative estimate of drug-likeness (QED) is 0.663. The van der Waals surface area contributed by atoms with Gasteiger partial charge < -0.3 is 20.4 Å². The molecular weight excluding hydrogens is 288 g/mol. The van der Waals surface area contributed by atoms with Crippen molar-refractivity contribution in [3.8, 4) is 0 Å². The fourth-order valence-corrected chi connectivity index (χ4v) is 3.13. The van der Waals surface area contributed by atoms with Gasteiger partial charge in [0.15, 0.2) is 5.16 Å². The van der Waals surface area contributed by atoms with E-state index < -0.39 is 0 Å². The van der Waals surface area contributed by atoms with Crippen LogP contribution in [0.4, 0.5) is 5.69 Å². The lowest BCUT2D eigenvalue weighted by Gasteiger charge is -2.31. The fourth-order valence-electron chi connectivity index (χ4n) is 2.34. The number of thioether (sulfide) groups is 1. The zero-order valence-corrected chi connectivity index (χ0v) is 12.7. The van der Waals surface area contributed by atoms with Crippen molar-refractivity contribution in [3.63, 3.8) is 0 Å². The number of H-pyrrole nitrogens is 1. The number of nitrogen functional groups attached to an aromatic ring is 1. The van der Waals surface area contributed by atoms with Gasteiger partial charge in [-0.3, -0.25) is 4.79 Å². The average Bonchev–Trinajstić information content (AvgIpc) is 2.86. The van der Waals surface area contributed by atoms with E-state index in [0.717, 1.165) is 16.2 Å². The molecule has 1 amide bonds. The van der Waals surface area contributed by atoms with E-state index in [4.69, 9.17) is 10.5 Å². The maximum atomic E-state index is 12.2. The monoisotopic (exact) mass is 306 g/mol. The summed E-state index contributed by atoms with van der Waals surface area (Å²) in [4.78, 5) is 21.6. The van der Waals surface area contributed by atoms with E-state index in [-0.39, 0.29) is 12.0 Å². The highest BCUT2D eigenvalue weighted by Crippen LogP contribution is 2.21. The number of imidazole rings is 1. The summed E-state index contributed by atoms with van der Waals surface area (Å²) in [6.45, 7) is 3.92. The van der Waals surface area contributed by atoms with Crippen molar-refractivity contribution in [1.29, 1.82) is 0 Å². The lowest BCUT2D eigenvalue weighted by molar-refractivity contribution is -0.135. The number of ether oxygens (including phenoxy) is 1. The number of rotatable bonds is 3. The highest BCUT2D eigenvalue weighted by Gasteiger charge is 2.21. The number of fused-ring (bicyclic) bond motifs is 1. The van der Waals surface area contributed by atoms with Crippen LogP contribution in [0.25, 0.3) is 11.0 Å². The number of carbonyl (C=O) groups excluding carboxylic acids is 1. The number of amides is 1. The molecule has 1 aliphatic heterocycles. The molecule has 2 heterocycles. The largest absolute Gasteiger partial charge is 0.399 e. The number of aromatic nitrogens is 2. The number of morpholine rings is 1. The van der Waals surface area contributed by atoms with Gasteiger partial charge >= 0.3 is 0 Å². The minimum atomic E-state index is 0.113. The molecule has 2 aromatic rings. The van der Waals surface area contributed by atoms with Gasteiger partial charge in [-0.25, -0.2) is 4.98 Å². The molecule has 1 aromatic heterocycles. The van der Waals surface area contributed by atoms with Crippen LogP contribution in [-0.2, 0) is 9.53 Å². The van der Waals surface area contributed by atoms with Gasteiger partial charge in [0.1, 0.15) is 0 Å². The van der Waals surface area contributed by atoms with Crippen molar-refractivity contribution in [2.75, 3.05) is 31.2 Å². The van der Waals surface area contributed by atoms with E-state index in [2.05, 4.69) is 9.97 Å². The standard InChI is InChI=1S/C14H18N4O2S/c1-9-7-18(4-5-20-9)13(19)8-21-14-16-11-3-2-10(15)6-12(11)17-14/h2-3,6,9H,4-5,7-8,15H2,1H3,(H,16,17). The summed E-state index contributed by atoms with van der Waals surface area (Å²) >= 11 is 1.42. The van der Waals surface area contributed by atoms with Gasteiger partial charge in [-0.1, -0.05) is 11.8 Å². The second-order valence-electron chi connectivity index (χ2n) is 5.13. The first kappa shape index (κ1) is 14.2. The number of nitrogens with two attached hydrogens (primary N) is 1. The molecule has 7 heteroatoms. The van der Waals surface area contributed by atoms with E-state index >= 15 is 0 Å². The van der Waals surface area contributed by atoms with E-state index in [1.54, 1.807) is 0 Å². The van der Waals surface area contributed by atoms with Crippen LogP contribution in [0.2, 0.25) is 0 Å². The lowest BCUT2D eigenvalue weighted by atomic mass is 10.3. The topological polar surface area (TPSA) is 84.2 Å². The molecule has 3 N–H and O–H groups in total. The van der Waals surface area contributed by atoms with Crippen molar-refractivity contribution >= 4 is 34.4 Å². The van der Waals surface area contributed by atoms with Crippen LogP contribution in [0.1, 0.15) is 6.92 Å². The molecule has 3 rings (SSSR count). The molecule has 1 aliphatic rings. The summed E-state index contributed by atoms with van der Waals surface area (Å²) in [5.74, 6) is 0.497. The van der Waals surface area contributed by atoms with Crippen molar-refractivity contribution in [3.05, 3.63) is 18.2 Å². The SMILES string of the molecule is CC1CN(C(=O)CSc2nc3ccc(N)cc3[nH]2)CCO1. The van der Waals surface area contributed by atoms with Crippen LogP contribution in [-0.4, -0.2) is 52.3 Å². The first-order valence-electron chi connectivity index (χ1n) is 6.89. The predicted molar refractivity (Wildman–Crippen MR) is 83.2 cm³/mol. The molecule has 112 valence electrons. The minimum Gasteiger partial charge on any atom is -0.399 e. The fraction of sp³-hybridized carbons (Fsp3) is 0.429. The number of nitrogens with one attached hydrogen (secondary N) is 1. The molecule has 21 heavy (non-hydrogen) atoms. The Kier molecular flexibility index (Phi) is 4.03. The van der Waals surface area contributed by atoms with E-state index in [0.29, 0.717) is 31.1 Å². The third kappa shape index (κ3) is 3.30. The summed E-state index contributed by atoms with van der Waals surface area (Å²) in [6, 6.07) is 5.53. The number of hydrogen-bond donors (Lipinski definition) is 2. The summed E-state index contributed by atoms with van der Waals surface area (Å²) in [6.07, 6.45) is 0.113. The molecule has 1 saturated heterocycles. The summed E-state index contributed by atoms with van der Waals surface area (Å²) < 4.78 is 5.44. The molecule has 1 fully saturated rings. The number of aromatic amines is 1. The Bertz CT molecular complexity index is 657.